The monoisotopic (exact) mass is 250 g/mol. The first-order valence-corrected chi connectivity index (χ1v) is 6.53. The zero-order valence-corrected chi connectivity index (χ0v) is 11.6. The molecule has 1 atom stereocenters. The summed E-state index contributed by atoms with van der Waals surface area (Å²) in [6.07, 6.45) is 1.27. The minimum absolute atomic E-state index is 0.135. The van der Waals surface area contributed by atoms with Crippen LogP contribution in [-0.4, -0.2) is 42.3 Å². The zero-order valence-electron chi connectivity index (χ0n) is 11.6. The summed E-state index contributed by atoms with van der Waals surface area (Å²) in [4.78, 5) is 11.2. The van der Waals surface area contributed by atoms with Crippen LogP contribution >= 0.6 is 0 Å². The van der Waals surface area contributed by atoms with E-state index in [-0.39, 0.29) is 6.10 Å². The molecule has 0 bridgehead atoms. The second kappa shape index (κ2) is 5.52. The molecule has 18 heavy (non-hydrogen) atoms. The average molecular weight is 250 g/mol. The molecule has 1 aromatic heterocycles. The highest BCUT2D eigenvalue weighted by Crippen LogP contribution is 2.20. The molecule has 2 heterocycles. The summed E-state index contributed by atoms with van der Waals surface area (Å²) in [5.41, 5.74) is 0.948. The van der Waals surface area contributed by atoms with E-state index in [1.807, 2.05) is 33.9 Å². The Kier molecular flexibility index (Phi) is 4.01. The van der Waals surface area contributed by atoms with Gasteiger partial charge in [0.25, 0.3) is 0 Å². The molecule has 0 aromatic carbocycles. The van der Waals surface area contributed by atoms with Gasteiger partial charge in [-0.05, 0) is 34.2 Å². The van der Waals surface area contributed by atoms with Crippen LogP contribution in [0, 0.1) is 6.92 Å². The lowest BCUT2D eigenvalue weighted by molar-refractivity contribution is 0.232. The topological polar surface area (TPSA) is 50.3 Å². The number of hydrogen-bond acceptors (Lipinski definition) is 5. The summed E-state index contributed by atoms with van der Waals surface area (Å²) >= 11 is 0. The quantitative estimate of drug-likeness (QED) is 0.874. The molecule has 1 aromatic rings. The zero-order chi connectivity index (χ0) is 13.1. The van der Waals surface area contributed by atoms with E-state index in [0.29, 0.717) is 11.9 Å². The standard InChI is InChI=1S/C13H22N4O/c1-9(2)18-12-7-10(3)15-13(16-12)17-6-5-11(8-17)14-4/h7,9,11,14H,5-6,8H2,1-4H3. The molecule has 1 unspecified atom stereocenters. The van der Waals surface area contributed by atoms with Crippen LogP contribution in [-0.2, 0) is 0 Å². The third-order valence-electron chi connectivity index (χ3n) is 3.05. The second-order valence-electron chi connectivity index (χ2n) is 5.03. The maximum atomic E-state index is 5.66. The van der Waals surface area contributed by atoms with Gasteiger partial charge in [0.1, 0.15) is 0 Å². The van der Waals surface area contributed by atoms with Crippen LogP contribution < -0.4 is 15.0 Å². The average Bonchev–Trinajstić information content (AvgIpc) is 2.75. The predicted molar refractivity (Wildman–Crippen MR) is 72.2 cm³/mol. The van der Waals surface area contributed by atoms with Crippen molar-refractivity contribution in [1.82, 2.24) is 15.3 Å². The number of aromatic nitrogens is 2. The summed E-state index contributed by atoms with van der Waals surface area (Å²) in [6, 6.07) is 2.42. The lowest BCUT2D eigenvalue weighted by atomic mass is 10.3. The molecule has 1 saturated heterocycles. The van der Waals surface area contributed by atoms with Crippen molar-refractivity contribution < 1.29 is 4.74 Å². The molecule has 5 heteroatoms. The Morgan fingerprint density at radius 1 is 1.44 bits per heavy atom. The highest BCUT2D eigenvalue weighted by atomic mass is 16.5. The Morgan fingerprint density at radius 2 is 2.22 bits per heavy atom. The SMILES string of the molecule is CNC1CCN(c2nc(C)cc(OC(C)C)n2)C1. The summed E-state index contributed by atoms with van der Waals surface area (Å²) in [5.74, 6) is 1.45. The summed E-state index contributed by atoms with van der Waals surface area (Å²) in [5, 5.41) is 3.30. The minimum Gasteiger partial charge on any atom is -0.475 e. The van der Waals surface area contributed by atoms with E-state index in [2.05, 4.69) is 20.2 Å². The fourth-order valence-electron chi connectivity index (χ4n) is 2.15. The number of nitrogens with one attached hydrogen (secondary N) is 1. The molecular weight excluding hydrogens is 228 g/mol. The molecule has 1 fully saturated rings. The Balaban J connectivity index is 2.15. The van der Waals surface area contributed by atoms with Gasteiger partial charge in [-0.25, -0.2) is 4.98 Å². The van der Waals surface area contributed by atoms with E-state index in [4.69, 9.17) is 4.74 Å². The molecule has 2 rings (SSSR count). The van der Waals surface area contributed by atoms with Crippen molar-refractivity contribution in [2.45, 2.75) is 39.3 Å². The molecule has 1 N–H and O–H groups in total. The maximum Gasteiger partial charge on any atom is 0.228 e. The van der Waals surface area contributed by atoms with Gasteiger partial charge in [0.15, 0.2) is 0 Å². The van der Waals surface area contributed by atoms with Crippen molar-refractivity contribution in [3.8, 4) is 5.88 Å². The Morgan fingerprint density at radius 3 is 2.83 bits per heavy atom. The third-order valence-corrected chi connectivity index (χ3v) is 3.05. The van der Waals surface area contributed by atoms with Gasteiger partial charge in [-0.3, -0.25) is 0 Å². The minimum atomic E-state index is 0.135. The molecule has 0 saturated carbocycles. The van der Waals surface area contributed by atoms with Crippen LogP contribution in [0.25, 0.3) is 0 Å². The van der Waals surface area contributed by atoms with Crippen molar-refractivity contribution in [1.29, 1.82) is 0 Å². The van der Waals surface area contributed by atoms with Crippen LogP contribution in [0.3, 0.4) is 0 Å². The van der Waals surface area contributed by atoms with Crippen LogP contribution in [0.5, 0.6) is 5.88 Å². The molecule has 0 radical (unpaired) electrons. The lowest BCUT2D eigenvalue weighted by Gasteiger charge is -2.18. The maximum absolute atomic E-state index is 5.66. The van der Waals surface area contributed by atoms with E-state index in [1.54, 1.807) is 0 Å². The Bertz CT molecular complexity index is 408. The van der Waals surface area contributed by atoms with Crippen LogP contribution in [0.2, 0.25) is 0 Å². The van der Waals surface area contributed by atoms with Crippen molar-refractivity contribution in [2.75, 3.05) is 25.0 Å². The summed E-state index contributed by atoms with van der Waals surface area (Å²) in [7, 11) is 2.00. The number of ether oxygens (including phenoxy) is 1. The molecule has 1 aliphatic rings. The molecule has 0 spiro atoms. The van der Waals surface area contributed by atoms with Crippen LogP contribution in [0.4, 0.5) is 5.95 Å². The van der Waals surface area contributed by atoms with Crippen LogP contribution in [0.15, 0.2) is 6.07 Å². The molecule has 0 amide bonds. The number of nitrogens with zero attached hydrogens (tertiary/aromatic N) is 3. The molecule has 0 aliphatic carbocycles. The van der Waals surface area contributed by atoms with Gasteiger partial charge in [0.05, 0.1) is 6.10 Å². The van der Waals surface area contributed by atoms with Gasteiger partial charge in [0, 0.05) is 30.9 Å². The van der Waals surface area contributed by atoms with E-state index in [1.165, 1.54) is 0 Å². The highest BCUT2D eigenvalue weighted by molar-refractivity contribution is 5.36. The fourth-order valence-corrected chi connectivity index (χ4v) is 2.15. The normalized spacial score (nSPS) is 19.6. The number of hydrogen-bond donors (Lipinski definition) is 1. The van der Waals surface area contributed by atoms with Crippen molar-refractivity contribution in [3.05, 3.63) is 11.8 Å². The third kappa shape index (κ3) is 3.10. The lowest BCUT2D eigenvalue weighted by Crippen LogP contribution is -2.30. The van der Waals surface area contributed by atoms with E-state index >= 15 is 0 Å². The molecule has 100 valence electrons. The van der Waals surface area contributed by atoms with E-state index < -0.39 is 0 Å². The van der Waals surface area contributed by atoms with E-state index in [9.17, 15) is 0 Å². The van der Waals surface area contributed by atoms with Gasteiger partial charge >= 0.3 is 0 Å². The van der Waals surface area contributed by atoms with Crippen molar-refractivity contribution in [3.63, 3.8) is 0 Å². The van der Waals surface area contributed by atoms with Gasteiger partial charge in [-0.15, -0.1) is 0 Å². The Labute approximate surface area is 109 Å². The number of rotatable bonds is 4. The van der Waals surface area contributed by atoms with Gasteiger partial charge in [0.2, 0.25) is 11.8 Å². The van der Waals surface area contributed by atoms with Crippen LogP contribution in [0.1, 0.15) is 26.0 Å². The predicted octanol–water partition coefficient (Wildman–Crippen LogP) is 1.37. The molecular formula is C13H22N4O. The summed E-state index contributed by atoms with van der Waals surface area (Å²) in [6.45, 7) is 7.94. The fraction of sp³-hybridized carbons (Fsp3) is 0.692. The van der Waals surface area contributed by atoms with Crippen molar-refractivity contribution in [2.24, 2.45) is 0 Å². The molecule has 1 aliphatic heterocycles. The first-order valence-electron chi connectivity index (χ1n) is 6.53. The first kappa shape index (κ1) is 13.1. The largest absolute Gasteiger partial charge is 0.475 e. The number of aryl methyl sites for hydroxylation is 1. The number of anilines is 1. The smallest absolute Gasteiger partial charge is 0.228 e. The second-order valence-corrected chi connectivity index (χ2v) is 5.03. The van der Waals surface area contributed by atoms with Crippen molar-refractivity contribution >= 4 is 5.95 Å². The van der Waals surface area contributed by atoms with E-state index in [0.717, 1.165) is 31.2 Å². The first-order chi connectivity index (χ1) is 8.58. The summed E-state index contributed by atoms with van der Waals surface area (Å²) < 4.78 is 5.66. The molecule has 5 nitrogen and oxygen atoms in total. The highest BCUT2D eigenvalue weighted by Gasteiger charge is 2.23. The van der Waals surface area contributed by atoms with Gasteiger partial charge in [-0.1, -0.05) is 0 Å². The van der Waals surface area contributed by atoms with Gasteiger partial charge in [-0.2, -0.15) is 4.98 Å². The van der Waals surface area contributed by atoms with Gasteiger partial charge < -0.3 is 15.0 Å². The Hall–Kier alpha value is -1.36. The number of likely N-dealkylation sites (N-methyl/N-ethyl adjacent to an activating group) is 1.